The van der Waals surface area contributed by atoms with Gasteiger partial charge in [-0.2, -0.15) is 0 Å². The van der Waals surface area contributed by atoms with Crippen LogP contribution in [0.5, 0.6) is 0 Å². The van der Waals surface area contributed by atoms with Gasteiger partial charge in [0.25, 0.3) is 0 Å². The number of carbonyl (C=O) groups excluding carboxylic acids is 2. The summed E-state index contributed by atoms with van der Waals surface area (Å²) in [6.07, 6.45) is 1.88. The van der Waals surface area contributed by atoms with Crippen LogP contribution in [0.2, 0.25) is 0 Å². The topological polar surface area (TPSA) is 74.8 Å². The average molecular weight is 316 g/mol. The largest absolute Gasteiger partial charge is 0.341 e. The molecule has 2 fully saturated rings. The summed E-state index contributed by atoms with van der Waals surface area (Å²) in [6, 6.07) is -0.402. The Hall–Kier alpha value is -1.11. The molecule has 0 aromatic rings. The predicted molar refractivity (Wildman–Crippen MR) is 79.4 cm³/mol. The van der Waals surface area contributed by atoms with E-state index in [2.05, 4.69) is 0 Å². The lowest BCUT2D eigenvalue weighted by molar-refractivity contribution is -0.145. The van der Waals surface area contributed by atoms with Gasteiger partial charge in [-0.05, 0) is 33.1 Å². The van der Waals surface area contributed by atoms with E-state index >= 15 is 0 Å². The Kier molecular flexibility index (Phi) is 4.91. The second-order valence-electron chi connectivity index (χ2n) is 5.80. The highest BCUT2D eigenvalue weighted by Gasteiger charge is 2.41. The molecule has 0 aromatic carbocycles. The van der Waals surface area contributed by atoms with E-state index in [1.54, 1.807) is 9.80 Å². The molecule has 0 unspecified atom stereocenters. The second-order valence-corrected chi connectivity index (χ2v) is 8.03. The number of sulfone groups is 1. The molecule has 7 heteroatoms. The van der Waals surface area contributed by atoms with Crippen LogP contribution in [0.1, 0.15) is 33.1 Å². The van der Waals surface area contributed by atoms with E-state index in [1.807, 2.05) is 13.8 Å². The summed E-state index contributed by atoms with van der Waals surface area (Å²) in [4.78, 5) is 28.4. The Morgan fingerprint density at radius 2 is 1.86 bits per heavy atom. The molecule has 2 amide bonds. The van der Waals surface area contributed by atoms with Crippen LogP contribution in [0.4, 0.5) is 0 Å². The maximum absolute atomic E-state index is 12.5. The molecular weight excluding hydrogens is 292 g/mol. The number of amides is 2. The third-order valence-electron chi connectivity index (χ3n) is 4.48. The number of nitrogens with zero attached hydrogens (tertiary/aromatic N) is 2. The number of hydrogen-bond acceptors (Lipinski definition) is 4. The van der Waals surface area contributed by atoms with Crippen LogP contribution in [0, 0.1) is 5.92 Å². The van der Waals surface area contributed by atoms with E-state index in [0.717, 1.165) is 6.42 Å². The summed E-state index contributed by atoms with van der Waals surface area (Å²) in [5.74, 6) is -0.591. The molecule has 2 atom stereocenters. The minimum absolute atomic E-state index is 0.00768. The van der Waals surface area contributed by atoms with Crippen LogP contribution in [-0.4, -0.2) is 67.2 Å². The van der Waals surface area contributed by atoms with E-state index in [0.29, 0.717) is 32.5 Å². The third-order valence-corrected chi connectivity index (χ3v) is 6.25. The minimum atomic E-state index is -3.08. The lowest BCUT2D eigenvalue weighted by atomic mass is 10.1. The molecule has 2 heterocycles. The van der Waals surface area contributed by atoms with Crippen molar-refractivity contribution in [1.82, 2.24) is 9.80 Å². The molecule has 21 heavy (non-hydrogen) atoms. The fourth-order valence-electron chi connectivity index (χ4n) is 3.26. The minimum Gasteiger partial charge on any atom is -0.341 e. The van der Waals surface area contributed by atoms with Crippen molar-refractivity contribution in [2.45, 2.75) is 39.2 Å². The highest BCUT2D eigenvalue weighted by Crippen LogP contribution is 2.26. The third kappa shape index (κ3) is 3.39. The van der Waals surface area contributed by atoms with Gasteiger partial charge < -0.3 is 9.80 Å². The van der Waals surface area contributed by atoms with Gasteiger partial charge in [-0.1, -0.05) is 0 Å². The molecule has 0 bridgehead atoms. The van der Waals surface area contributed by atoms with Crippen molar-refractivity contribution >= 4 is 21.7 Å². The summed E-state index contributed by atoms with van der Waals surface area (Å²) in [6.45, 7) is 5.67. The summed E-state index contributed by atoms with van der Waals surface area (Å²) >= 11 is 0. The van der Waals surface area contributed by atoms with Crippen molar-refractivity contribution in [1.29, 1.82) is 0 Å². The van der Waals surface area contributed by atoms with Crippen LogP contribution in [0.15, 0.2) is 0 Å². The SMILES string of the molecule is CCN(CC)C(=O)[C@H]1CCCN1C(=O)[C@@H]1CCS(=O)(=O)C1. The number of rotatable bonds is 4. The smallest absolute Gasteiger partial charge is 0.245 e. The molecule has 0 radical (unpaired) electrons. The first-order valence-corrected chi connectivity index (χ1v) is 9.51. The van der Waals surface area contributed by atoms with Crippen LogP contribution >= 0.6 is 0 Å². The van der Waals surface area contributed by atoms with Crippen molar-refractivity contribution in [3.05, 3.63) is 0 Å². The molecule has 2 rings (SSSR count). The van der Waals surface area contributed by atoms with Crippen molar-refractivity contribution in [2.24, 2.45) is 5.92 Å². The molecule has 6 nitrogen and oxygen atoms in total. The quantitative estimate of drug-likeness (QED) is 0.747. The van der Waals surface area contributed by atoms with E-state index in [4.69, 9.17) is 0 Å². The first-order chi connectivity index (χ1) is 9.89. The Labute approximate surface area is 126 Å². The highest BCUT2D eigenvalue weighted by atomic mass is 32.2. The van der Waals surface area contributed by atoms with Gasteiger partial charge in [0.05, 0.1) is 17.4 Å². The summed E-state index contributed by atoms with van der Waals surface area (Å²) in [5.41, 5.74) is 0. The Morgan fingerprint density at radius 3 is 2.38 bits per heavy atom. The lowest BCUT2D eigenvalue weighted by Crippen LogP contribution is -2.49. The molecule has 120 valence electrons. The summed E-state index contributed by atoms with van der Waals surface area (Å²) in [5, 5.41) is 0. The fourth-order valence-corrected chi connectivity index (χ4v) is 4.99. The van der Waals surface area contributed by atoms with Crippen LogP contribution < -0.4 is 0 Å². The molecule has 2 aliphatic heterocycles. The van der Waals surface area contributed by atoms with E-state index in [1.165, 1.54) is 0 Å². The number of likely N-dealkylation sites (N-methyl/N-ethyl adjacent to an activating group) is 1. The van der Waals surface area contributed by atoms with Gasteiger partial charge in [-0.25, -0.2) is 8.42 Å². The van der Waals surface area contributed by atoms with Crippen molar-refractivity contribution < 1.29 is 18.0 Å². The molecule has 0 aliphatic carbocycles. The van der Waals surface area contributed by atoms with Gasteiger partial charge in [0.2, 0.25) is 11.8 Å². The molecular formula is C14H24N2O4S. The van der Waals surface area contributed by atoms with Gasteiger partial charge in [-0.15, -0.1) is 0 Å². The standard InChI is InChI=1S/C14H24N2O4S/c1-3-15(4-2)14(18)12-6-5-8-16(12)13(17)11-7-9-21(19,20)10-11/h11-12H,3-10H2,1-2H3/t11-,12-/m1/s1. The van der Waals surface area contributed by atoms with Crippen molar-refractivity contribution in [2.75, 3.05) is 31.1 Å². The van der Waals surface area contributed by atoms with Gasteiger partial charge in [0, 0.05) is 19.6 Å². The van der Waals surface area contributed by atoms with Crippen LogP contribution in [0.25, 0.3) is 0 Å². The number of carbonyl (C=O) groups is 2. The average Bonchev–Trinajstić information content (AvgIpc) is 3.05. The second kappa shape index (κ2) is 6.34. The molecule has 2 aliphatic rings. The highest BCUT2D eigenvalue weighted by molar-refractivity contribution is 7.91. The lowest BCUT2D eigenvalue weighted by Gasteiger charge is -2.30. The zero-order valence-electron chi connectivity index (χ0n) is 12.7. The first kappa shape index (κ1) is 16.3. The summed E-state index contributed by atoms with van der Waals surface area (Å²) in [7, 11) is -3.08. The zero-order valence-corrected chi connectivity index (χ0v) is 13.6. The number of hydrogen-bond donors (Lipinski definition) is 0. The predicted octanol–water partition coefficient (Wildman–Crippen LogP) is 0.281. The van der Waals surface area contributed by atoms with Crippen LogP contribution in [-0.2, 0) is 19.4 Å². The normalized spacial score (nSPS) is 27.8. The van der Waals surface area contributed by atoms with Gasteiger partial charge in [0.15, 0.2) is 9.84 Å². The van der Waals surface area contributed by atoms with E-state index in [-0.39, 0.29) is 23.3 Å². The van der Waals surface area contributed by atoms with E-state index in [9.17, 15) is 18.0 Å². The van der Waals surface area contributed by atoms with Gasteiger partial charge in [-0.3, -0.25) is 9.59 Å². The molecule has 0 N–H and O–H groups in total. The van der Waals surface area contributed by atoms with E-state index < -0.39 is 21.8 Å². The Morgan fingerprint density at radius 1 is 1.19 bits per heavy atom. The molecule has 0 spiro atoms. The Balaban J connectivity index is 2.08. The Bertz CT molecular complexity index is 513. The zero-order chi connectivity index (χ0) is 15.6. The number of likely N-dealkylation sites (tertiary alicyclic amines) is 1. The van der Waals surface area contributed by atoms with Crippen LogP contribution in [0.3, 0.4) is 0 Å². The van der Waals surface area contributed by atoms with Gasteiger partial charge >= 0.3 is 0 Å². The van der Waals surface area contributed by atoms with Gasteiger partial charge in [0.1, 0.15) is 6.04 Å². The molecule has 2 saturated heterocycles. The maximum Gasteiger partial charge on any atom is 0.245 e. The van der Waals surface area contributed by atoms with Crippen molar-refractivity contribution in [3.8, 4) is 0 Å². The molecule has 0 aromatic heterocycles. The summed E-state index contributed by atoms with van der Waals surface area (Å²) < 4.78 is 23.1. The monoisotopic (exact) mass is 316 g/mol. The first-order valence-electron chi connectivity index (χ1n) is 7.69. The fraction of sp³-hybridized carbons (Fsp3) is 0.857. The van der Waals surface area contributed by atoms with Crippen molar-refractivity contribution in [3.63, 3.8) is 0 Å². The maximum atomic E-state index is 12.5. The molecule has 0 saturated carbocycles.